The molecule has 143 valence electrons. The Morgan fingerprint density at radius 3 is 1.82 bits per heavy atom. The molecule has 4 aromatic rings. The van der Waals surface area contributed by atoms with Gasteiger partial charge in [-0.2, -0.15) is 0 Å². The molecule has 4 rings (SSSR count). The molecule has 0 spiro atoms. The molecule has 0 saturated carbocycles. The van der Waals surface area contributed by atoms with Crippen molar-refractivity contribution in [2.45, 2.75) is 13.8 Å². The first-order valence-corrected chi connectivity index (χ1v) is 9.41. The molecule has 2 heterocycles. The molecule has 0 amide bonds. The van der Waals surface area contributed by atoms with Crippen molar-refractivity contribution in [2.75, 3.05) is 0 Å². The molecule has 0 aliphatic rings. The van der Waals surface area contributed by atoms with Gasteiger partial charge in [0.05, 0.1) is 0 Å². The molecule has 4 heteroatoms. The van der Waals surface area contributed by atoms with E-state index in [0.717, 1.165) is 27.0 Å². The molecular weight excluding hydrogens is 588 g/mol. The number of hydrogen-bond acceptors (Lipinski definition) is 2. The van der Waals surface area contributed by atoms with Crippen LogP contribution in [0.3, 0.4) is 0 Å². The van der Waals surface area contributed by atoms with Gasteiger partial charge in [-0.3, -0.25) is 0 Å². The molecular formula is C24H19BrIrN2-2. The van der Waals surface area contributed by atoms with Crippen molar-refractivity contribution >= 4 is 15.9 Å². The Morgan fingerprint density at radius 2 is 1.32 bits per heavy atom. The maximum Gasteiger partial charge on any atom is 0.0190 e. The maximum absolute atomic E-state index is 4.34. The number of halogens is 1. The van der Waals surface area contributed by atoms with Gasteiger partial charge >= 0.3 is 0 Å². The second-order valence-corrected chi connectivity index (χ2v) is 7.05. The second kappa shape index (κ2) is 11.0. The quantitative estimate of drug-likeness (QED) is 0.244. The van der Waals surface area contributed by atoms with Crippen LogP contribution in [0.25, 0.3) is 22.5 Å². The predicted molar refractivity (Wildman–Crippen MR) is 114 cm³/mol. The van der Waals surface area contributed by atoms with E-state index in [2.05, 4.69) is 50.2 Å². The molecule has 0 N–H and O–H groups in total. The van der Waals surface area contributed by atoms with Gasteiger partial charge < -0.3 is 9.97 Å². The fourth-order valence-corrected chi connectivity index (χ4v) is 2.75. The van der Waals surface area contributed by atoms with Gasteiger partial charge in [-0.15, -0.1) is 65.7 Å². The van der Waals surface area contributed by atoms with E-state index in [0.29, 0.717) is 0 Å². The normalized spacial score (nSPS) is 9.68. The van der Waals surface area contributed by atoms with Crippen molar-refractivity contribution in [3.63, 3.8) is 0 Å². The third-order valence-electron chi connectivity index (χ3n) is 3.85. The SMILES string of the molecule is Cc1ccc(-c2[c-]ccc(Br)c2)nc1.Cc1ccc(-c2[c-]cccc2)nc1.[Ir]. The van der Waals surface area contributed by atoms with Crippen molar-refractivity contribution in [1.82, 2.24) is 9.97 Å². The Kier molecular flexibility index (Phi) is 8.72. The molecule has 0 saturated heterocycles. The average Bonchev–Trinajstić information content (AvgIpc) is 2.70. The fourth-order valence-electron chi connectivity index (χ4n) is 2.39. The number of rotatable bonds is 2. The second-order valence-electron chi connectivity index (χ2n) is 6.14. The van der Waals surface area contributed by atoms with Crippen molar-refractivity contribution in [3.8, 4) is 22.5 Å². The first kappa shape index (κ1) is 22.2. The van der Waals surface area contributed by atoms with Crippen LogP contribution in [-0.4, -0.2) is 9.97 Å². The number of aromatic nitrogens is 2. The van der Waals surface area contributed by atoms with E-state index in [4.69, 9.17) is 0 Å². The molecule has 1 radical (unpaired) electrons. The zero-order chi connectivity index (χ0) is 19.1. The monoisotopic (exact) mass is 607 g/mol. The van der Waals surface area contributed by atoms with E-state index in [-0.39, 0.29) is 20.1 Å². The summed E-state index contributed by atoms with van der Waals surface area (Å²) in [6.45, 7) is 4.06. The van der Waals surface area contributed by atoms with Crippen LogP contribution in [0.4, 0.5) is 0 Å². The number of hydrogen-bond donors (Lipinski definition) is 0. The molecule has 0 unspecified atom stereocenters. The Balaban J connectivity index is 0.000000194. The molecule has 0 fully saturated rings. The number of nitrogens with zero attached hydrogens (tertiary/aromatic N) is 2. The third-order valence-corrected chi connectivity index (χ3v) is 4.34. The van der Waals surface area contributed by atoms with Crippen LogP contribution in [0.2, 0.25) is 0 Å². The minimum Gasteiger partial charge on any atom is -0.304 e. The van der Waals surface area contributed by atoms with Gasteiger partial charge in [0.1, 0.15) is 0 Å². The topological polar surface area (TPSA) is 25.8 Å². The molecule has 0 aliphatic carbocycles. The molecule has 28 heavy (non-hydrogen) atoms. The average molecular weight is 608 g/mol. The Bertz CT molecular complexity index is 985. The molecule has 0 aliphatic heterocycles. The fraction of sp³-hybridized carbons (Fsp3) is 0.0833. The van der Waals surface area contributed by atoms with Crippen molar-refractivity contribution in [2.24, 2.45) is 0 Å². The van der Waals surface area contributed by atoms with Gasteiger partial charge in [0.15, 0.2) is 0 Å². The third kappa shape index (κ3) is 6.49. The number of benzene rings is 2. The Hall–Kier alpha value is -2.13. The Morgan fingerprint density at radius 1 is 0.714 bits per heavy atom. The zero-order valence-electron chi connectivity index (χ0n) is 15.6. The summed E-state index contributed by atoms with van der Waals surface area (Å²) in [5, 5.41) is 0. The minimum atomic E-state index is 0. The van der Waals surface area contributed by atoms with Crippen LogP contribution in [0, 0.1) is 26.0 Å². The summed E-state index contributed by atoms with van der Waals surface area (Å²) in [5.74, 6) is 0. The first-order chi connectivity index (χ1) is 13.1. The predicted octanol–water partition coefficient (Wildman–Crippen LogP) is 6.47. The van der Waals surface area contributed by atoms with E-state index >= 15 is 0 Å². The summed E-state index contributed by atoms with van der Waals surface area (Å²) in [7, 11) is 0. The summed E-state index contributed by atoms with van der Waals surface area (Å²) in [4.78, 5) is 8.65. The standard InChI is InChI=1S/C12H9BrN.C12H10N.Ir/c1-9-5-6-12(14-8-9)10-3-2-4-11(13)7-10;1-10-7-8-12(13-9-10)11-5-3-2-4-6-11;/h2,4-8H,1H3;2-5,7-9H,1H3;/q2*-1;. The summed E-state index contributed by atoms with van der Waals surface area (Å²) in [5.41, 5.74) is 6.34. The van der Waals surface area contributed by atoms with Gasteiger partial charge in [-0.25, -0.2) is 0 Å². The van der Waals surface area contributed by atoms with E-state index in [1.165, 1.54) is 11.1 Å². The molecule has 0 atom stereocenters. The maximum atomic E-state index is 4.34. The van der Waals surface area contributed by atoms with Crippen molar-refractivity contribution < 1.29 is 20.1 Å². The van der Waals surface area contributed by atoms with Crippen LogP contribution in [0.15, 0.2) is 83.6 Å². The first-order valence-electron chi connectivity index (χ1n) is 8.62. The van der Waals surface area contributed by atoms with Gasteiger partial charge in [0.25, 0.3) is 0 Å². The minimum absolute atomic E-state index is 0. The molecule has 2 aromatic carbocycles. The van der Waals surface area contributed by atoms with E-state index in [1.54, 1.807) is 0 Å². The van der Waals surface area contributed by atoms with E-state index in [1.807, 2.05) is 80.8 Å². The summed E-state index contributed by atoms with van der Waals surface area (Å²) < 4.78 is 1.05. The molecule has 0 bridgehead atoms. The largest absolute Gasteiger partial charge is 0.304 e. The summed E-state index contributed by atoms with van der Waals surface area (Å²) in [6, 6.07) is 28.1. The molecule has 2 aromatic heterocycles. The van der Waals surface area contributed by atoms with Gasteiger partial charge in [-0.1, -0.05) is 44.7 Å². The van der Waals surface area contributed by atoms with E-state index < -0.39 is 0 Å². The van der Waals surface area contributed by atoms with Crippen LogP contribution >= 0.6 is 15.9 Å². The molecule has 2 nitrogen and oxygen atoms in total. The van der Waals surface area contributed by atoms with Crippen LogP contribution in [0.5, 0.6) is 0 Å². The smallest absolute Gasteiger partial charge is 0.0190 e. The zero-order valence-corrected chi connectivity index (χ0v) is 19.6. The van der Waals surface area contributed by atoms with Crippen molar-refractivity contribution in [3.05, 3.63) is 107 Å². The number of aryl methyl sites for hydroxylation is 2. The van der Waals surface area contributed by atoms with Crippen LogP contribution < -0.4 is 0 Å². The Labute approximate surface area is 188 Å². The van der Waals surface area contributed by atoms with Crippen LogP contribution in [0.1, 0.15) is 11.1 Å². The van der Waals surface area contributed by atoms with Crippen LogP contribution in [-0.2, 0) is 20.1 Å². The van der Waals surface area contributed by atoms with Crippen molar-refractivity contribution in [1.29, 1.82) is 0 Å². The van der Waals surface area contributed by atoms with Gasteiger partial charge in [-0.05, 0) is 36.4 Å². The van der Waals surface area contributed by atoms with E-state index in [9.17, 15) is 0 Å². The summed E-state index contributed by atoms with van der Waals surface area (Å²) in [6.07, 6.45) is 3.74. The van der Waals surface area contributed by atoms with Gasteiger partial charge in [0.2, 0.25) is 0 Å². The summed E-state index contributed by atoms with van der Waals surface area (Å²) >= 11 is 3.43. The van der Waals surface area contributed by atoms with Gasteiger partial charge in [0, 0.05) is 32.5 Å². The number of pyridine rings is 2.